The zero-order valence-electron chi connectivity index (χ0n) is 12.8. The molecule has 1 aliphatic heterocycles. The van der Waals surface area contributed by atoms with Crippen LogP contribution in [0.25, 0.3) is 0 Å². The molecule has 0 radical (unpaired) electrons. The molecule has 0 aromatic heterocycles. The molecule has 1 amide bonds. The fourth-order valence-electron chi connectivity index (χ4n) is 2.80. The van der Waals surface area contributed by atoms with Crippen molar-refractivity contribution in [1.82, 2.24) is 10.2 Å². The minimum atomic E-state index is 0. The highest BCUT2D eigenvalue weighted by molar-refractivity contribution is 5.85. The van der Waals surface area contributed by atoms with Crippen molar-refractivity contribution in [3.8, 4) is 5.75 Å². The van der Waals surface area contributed by atoms with Crippen LogP contribution in [0.5, 0.6) is 5.75 Å². The maximum atomic E-state index is 12.3. The van der Waals surface area contributed by atoms with Gasteiger partial charge in [-0.15, -0.1) is 12.4 Å². The van der Waals surface area contributed by atoms with Crippen LogP contribution in [-0.2, 0) is 4.79 Å². The van der Waals surface area contributed by atoms with E-state index in [2.05, 4.69) is 17.4 Å². The van der Waals surface area contributed by atoms with Gasteiger partial charge in [0.15, 0.2) is 0 Å². The van der Waals surface area contributed by atoms with Crippen molar-refractivity contribution >= 4 is 18.3 Å². The molecule has 1 aromatic rings. The summed E-state index contributed by atoms with van der Waals surface area (Å²) in [6.07, 6.45) is 3.69. The Hall–Kier alpha value is -1.26. The fourth-order valence-corrected chi connectivity index (χ4v) is 2.80. The molecule has 1 atom stereocenters. The van der Waals surface area contributed by atoms with Crippen LogP contribution in [0.1, 0.15) is 37.3 Å². The Morgan fingerprint density at radius 3 is 2.71 bits per heavy atom. The van der Waals surface area contributed by atoms with E-state index in [-0.39, 0.29) is 24.4 Å². The number of methoxy groups -OCH3 is 1. The van der Waals surface area contributed by atoms with E-state index in [1.165, 1.54) is 5.56 Å². The first kappa shape index (κ1) is 17.8. The van der Waals surface area contributed by atoms with Crippen LogP contribution in [0.2, 0.25) is 0 Å². The van der Waals surface area contributed by atoms with Crippen LogP contribution >= 0.6 is 12.4 Å². The van der Waals surface area contributed by atoms with E-state index in [0.29, 0.717) is 6.42 Å². The van der Waals surface area contributed by atoms with Crippen LogP contribution < -0.4 is 10.1 Å². The Bertz CT molecular complexity index is 436. The normalized spacial score (nSPS) is 17.4. The number of rotatable bonds is 6. The van der Waals surface area contributed by atoms with Gasteiger partial charge in [0.05, 0.1) is 13.2 Å². The van der Waals surface area contributed by atoms with E-state index in [1.807, 2.05) is 24.1 Å². The average molecular weight is 313 g/mol. The van der Waals surface area contributed by atoms with Crippen molar-refractivity contribution in [2.45, 2.75) is 31.7 Å². The van der Waals surface area contributed by atoms with E-state index in [0.717, 1.165) is 38.1 Å². The van der Waals surface area contributed by atoms with Gasteiger partial charge in [0, 0.05) is 13.0 Å². The molecule has 1 aliphatic rings. The van der Waals surface area contributed by atoms with Crippen LogP contribution in [0.15, 0.2) is 24.3 Å². The molecule has 118 valence electrons. The Morgan fingerprint density at radius 2 is 2.10 bits per heavy atom. The SMILES string of the molecule is CNCCCC(=O)N1CCCC1c1ccc(OC)cc1.Cl. The van der Waals surface area contributed by atoms with Crippen LogP contribution in [0.4, 0.5) is 0 Å². The Morgan fingerprint density at radius 1 is 1.38 bits per heavy atom. The molecule has 2 rings (SSSR count). The van der Waals surface area contributed by atoms with Crippen LogP contribution in [0.3, 0.4) is 0 Å². The van der Waals surface area contributed by atoms with Gasteiger partial charge in [0.25, 0.3) is 0 Å². The summed E-state index contributed by atoms with van der Waals surface area (Å²) in [4.78, 5) is 14.3. The van der Waals surface area contributed by atoms with E-state index in [1.54, 1.807) is 7.11 Å². The lowest BCUT2D eigenvalue weighted by atomic mass is 10.0. The molecular weight excluding hydrogens is 288 g/mol. The molecule has 0 bridgehead atoms. The number of amides is 1. The average Bonchev–Trinajstić information content (AvgIpc) is 2.97. The third-order valence-electron chi connectivity index (χ3n) is 3.89. The summed E-state index contributed by atoms with van der Waals surface area (Å²) in [6.45, 7) is 1.78. The van der Waals surface area contributed by atoms with Crippen LogP contribution in [0, 0.1) is 0 Å². The lowest BCUT2D eigenvalue weighted by Crippen LogP contribution is -2.30. The number of halogens is 1. The Labute approximate surface area is 133 Å². The van der Waals surface area contributed by atoms with E-state index < -0.39 is 0 Å². The van der Waals surface area contributed by atoms with E-state index in [9.17, 15) is 4.79 Å². The molecular formula is C16H25ClN2O2. The number of nitrogens with zero attached hydrogens (tertiary/aromatic N) is 1. The third-order valence-corrected chi connectivity index (χ3v) is 3.89. The van der Waals surface area contributed by atoms with Gasteiger partial charge >= 0.3 is 0 Å². The molecule has 1 N–H and O–H groups in total. The monoisotopic (exact) mass is 312 g/mol. The van der Waals surface area contributed by atoms with Gasteiger partial charge in [0.2, 0.25) is 5.91 Å². The largest absolute Gasteiger partial charge is 0.497 e. The molecule has 0 aliphatic carbocycles. The number of hydrogen-bond donors (Lipinski definition) is 1. The maximum absolute atomic E-state index is 12.3. The van der Waals surface area contributed by atoms with Gasteiger partial charge in [-0.3, -0.25) is 4.79 Å². The van der Waals surface area contributed by atoms with Crippen molar-refractivity contribution in [3.05, 3.63) is 29.8 Å². The van der Waals surface area contributed by atoms with Gasteiger partial charge in [-0.2, -0.15) is 0 Å². The number of carbonyl (C=O) groups excluding carboxylic acids is 1. The zero-order chi connectivity index (χ0) is 14.4. The van der Waals surface area contributed by atoms with Gasteiger partial charge < -0.3 is 15.0 Å². The summed E-state index contributed by atoms with van der Waals surface area (Å²) in [7, 11) is 3.59. The smallest absolute Gasteiger partial charge is 0.223 e. The fraction of sp³-hybridized carbons (Fsp3) is 0.562. The quantitative estimate of drug-likeness (QED) is 0.821. The second-order valence-electron chi connectivity index (χ2n) is 5.23. The van der Waals surface area contributed by atoms with Crippen molar-refractivity contribution in [1.29, 1.82) is 0 Å². The molecule has 0 spiro atoms. The standard InChI is InChI=1S/C16H24N2O2.ClH/c1-17-11-3-6-16(19)18-12-4-5-15(18)13-7-9-14(20-2)10-8-13;/h7-10,15,17H,3-6,11-12H2,1-2H3;1H. The van der Waals surface area contributed by atoms with E-state index in [4.69, 9.17) is 4.74 Å². The van der Waals surface area contributed by atoms with Gasteiger partial charge in [0.1, 0.15) is 5.75 Å². The highest BCUT2D eigenvalue weighted by Crippen LogP contribution is 2.33. The molecule has 1 saturated heterocycles. The maximum Gasteiger partial charge on any atom is 0.223 e. The molecule has 0 saturated carbocycles. The summed E-state index contributed by atoms with van der Waals surface area (Å²) in [5.74, 6) is 1.14. The summed E-state index contributed by atoms with van der Waals surface area (Å²) in [5, 5.41) is 3.08. The van der Waals surface area contributed by atoms with Crippen molar-refractivity contribution < 1.29 is 9.53 Å². The number of carbonyl (C=O) groups is 1. The van der Waals surface area contributed by atoms with Crippen molar-refractivity contribution in [2.24, 2.45) is 0 Å². The Kier molecular flexibility index (Phi) is 7.54. The number of nitrogens with one attached hydrogen (secondary N) is 1. The molecule has 4 nitrogen and oxygen atoms in total. The summed E-state index contributed by atoms with van der Waals surface area (Å²) in [5.41, 5.74) is 1.21. The summed E-state index contributed by atoms with van der Waals surface area (Å²) < 4.78 is 5.18. The lowest BCUT2D eigenvalue weighted by molar-refractivity contribution is -0.132. The Balaban J connectivity index is 0.00000220. The minimum Gasteiger partial charge on any atom is -0.497 e. The van der Waals surface area contributed by atoms with Gasteiger partial charge in [-0.1, -0.05) is 12.1 Å². The predicted molar refractivity (Wildman–Crippen MR) is 87.1 cm³/mol. The van der Waals surface area contributed by atoms with E-state index >= 15 is 0 Å². The third kappa shape index (κ3) is 4.61. The highest BCUT2D eigenvalue weighted by atomic mass is 35.5. The second kappa shape index (κ2) is 8.90. The predicted octanol–water partition coefficient (Wildman–Crippen LogP) is 2.78. The van der Waals surface area contributed by atoms with Crippen molar-refractivity contribution in [3.63, 3.8) is 0 Å². The van der Waals surface area contributed by atoms with Crippen molar-refractivity contribution in [2.75, 3.05) is 27.2 Å². The topological polar surface area (TPSA) is 41.6 Å². The highest BCUT2D eigenvalue weighted by Gasteiger charge is 2.29. The zero-order valence-corrected chi connectivity index (χ0v) is 13.6. The molecule has 1 aromatic carbocycles. The number of benzene rings is 1. The summed E-state index contributed by atoms with van der Waals surface area (Å²) >= 11 is 0. The molecule has 1 fully saturated rings. The minimum absolute atomic E-state index is 0. The first-order valence-corrected chi connectivity index (χ1v) is 7.34. The number of hydrogen-bond acceptors (Lipinski definition) is 3. The lowest BCUT2D eigenvalue weighted by Gasteiger charge is -2.25. The first-order valence-electron chi connectivity index (χ1n) is 7.34. The second-order valence-corrected chi connectivity index (χ2v) is 5.23. The molecule has 1 unspecified atom stereocenters. The van der Waals surface area contributed by atoms with Crippen LogP contribution in [-0.4, -0.2) is 38.1 Å². The number of likely N-dealkylation sites (tertiary alicyclic amines) is 1. The van der Waals surface area contributed by atoms with Gasteiger partial charge in [-0.05, 0) is 50.6 Å². The molecule has 21 heavy (non-hydrogen) atoms. The van der Waals surface area contributed by atoms with Gasteiger partial charge in [-0.25, -0.2) is 0 Å². The molecule has 1 heterocycles. The first-order chi connectivity index (χ1) is 9.76. The molecule has 5 heteroatoms. The number of ether oxygens (including phenoxy) is 1. The summed E-state index contributed by atoms with van der Waals surface area (Å²) in [6, 6.07) is 8.32.